The van der Waals surface area contributed by atoms with Gasteiger partial charge in [0.1, 0.15) is 11.6 Å². The Morgan fingerprint density at radius 1 is 1.10 bits per heavy atom. The Bertz CT molecular complexity index is 864. The number of hydrogen-bond acceptors (Lipinski definition) is 6. The smallest absolute Gasteiger partial charge is 0.229 e. The molecule has 0 spiro atoms. The molecule has 3 heterocycles. The van der Waals surface area contributed by atoms with Gasteiger partial charge < -0.3 is 16.0 Å². The number of carbonyl (C=O) groups excluding carboxylic acids is 1. The predicted octanol–water partition coefficient (Wildman–Crippen LogP) is 4.12. The topological polar surface area (TPSA) is 91.8 Å². The first kappa shape index (κ1) is 21.0. The molecule has 2 aliphatic rings. The maximum absolute atomic E-state index is 12.5. The summed E-state index contributed by atoms with van der Waals surface area (Å²) in [6.07, 6.45) is 13.4. The normalized spacial score (nSPS) is 20.0. The molecule has 0 aromatic carbocycles. The number of nitrogens with one attached hydrogen (secondary N) is 3. The molecule has 30 heavy (non-hydrogen) atoms. The standard InChI is InChI=1S/C22H29ClN6O/c23-18-12-27-20(29-22(30)16-7-4-8-24-11-16)9-17(18)19-13-25-14-21(28-19)26-10-15-5-2-1-3-6-15/h9,12-16,24H,1-8,10-11H2,(H,26,28)(H,27,29,30). The van der Waals surface area contributed by atoms with Crippen LogP contribution in [0.5, 0.6) is 0 Å². The predicted molar refractivity (Wildman–Crippen MR) is 120 cm³/mol. The minimum absolute atomic E-state index is 0.0167. The van der Waals surface area contributed by atoms with E-state index in [1.54, 1.807) is 24.7 Å². The molecule has 1 atom stereocenters. The third-order valence-electron chi connectivity index (χ3n) is 5.98. The lowest BCUT2D eigenvalue weighted by molar-refractivity contribution is -0.120. The summed E-state index contributed by atoms with van der Waals surface area (Å²) in [5.41, 5.74) is 1.36. The van der Waals surface area contributed by atoms with Crippen molar-refractivity contribution in [2.45, 2.75) is 44.9 Å². The van der Waals surface area contributed by atoms with Crippen molar-refractivity contribution in [3.05, 3.63) is 29.7 Å². The highest BCUT2D eigenvalue weighted by Gasteiger charge is 2.21. The number of rotatable bonds is 6. The van der Waals surface area contributed by atoms with E-state index in [-0.39, 0.29) is 11.8 Å². The van der Waals surface area contributed by atoms with Crippen molar-refractivity contribution in [3.8, 4) is 11.3 Å². The Kier molecular flexibility index (Phi) is 7.12. The zero-order valence-corrected chi connectivity index (χ0v) is 17.9. The second-order valence-corrected chi connectivity index (χ2v) is 8.66. The van der Waals surface area contributed by atoms with E-state index in [2.05, 4.69) is 30.9 Å². The molecule has 8 heteroatoms. The van der Waals surface area contributed by atoms with Crippen LogP contribution in [0.3, 0.4) is 0 Å². The monoisotopic (exact) mass is 428 g/mol. The summed E-state index contributed by atoms with van der Waals surface area (Å²) in [7, 11) is 0. The third-order valence-corrected chi connectivity index (χ3v) is 6.28. The van der Waals surface area contributed by atoms with Crippen LogP contribution in [-0.4, -0.2) is 40.5 Å². The summed E-state index contributed by atoms with van der Waals surface area (Å²) in [4.78, 5) is 25.8. The van der Waals surface area contributed by atoms with Crippen molar-refractivity contribution >= 4 is 29.1 Å². The second-order valence-electron chi connectivity index (χ2n) is 8.26. The van der Waals surface area contributed by atoms with E-state index in [1.165, 1.54) is 32.1 Å². The number of pyridine rings is 1. The molecule has 3 N–H and O–H groups in total. The minimum Gasteiger partial charge on any atom is -0.368 e. The quantitative estimate of drug-likeness (QED) is 0.640. The molecule has 1 saturated heterocycles. The number of amides is 1. The Balaban J connectivity index is 1.45. The highest BCUT2D eigenvalue weighted by Crippen LogP contribution is 2.29. The molecule has 7 nitrogen and oxygen atoms in total. The summed E-state index contributed by atoms with van der Waals surface area (Å²) < 4.78 is 0. The van der Waals surface area contributed by atoms with Crippen molar-refractivity contribution in [1.29, 1.82) is 0 Å². The summed E-state index contributed by atoms with van der Waals surface area (Å²) in [6, 6.07) is 1.77. The molecule has 0 bridgehead atoms. The average molecular weight is 429 g/mol. The SMILES string of the molecule is O=C(Nc1cc(-c2cncc(NCC3CCCCC3)n2)c(Cl)cn1)C1CCCNC1. The number of nitrogens with zero attached hydrogens (tertiary/aromatic N) is 3. The Morgan fingerprint density at radius 3 is 2.77 bits per heavy atom. The first-order valence-corrected chi connectivity index (χ1v) is 11.3. The van der Waals surface area contributed by atoms with Crippen LogP contribution in [0, 0.1) is 11.8 Å². The van der Waals surface area contributed by atoms with Crippen LogP contribution in [0.15, 0.2) is 24.7 Å². The van der Waals surface area contributed by atoms with Crippen LogP contribution in [0.25, 0.3) is 11.3 Å². The van der Waals surface area contributed by atoms with Crippen molar-refractivity contribution in [1.82, 2.24) is 20.3 Å². The van der Waals surface area contributed by atoms with E-state index in [0.29, 0.717) is 34.6 Å². The lowest BCUT2D eigenvalue weighted by Gasteiger charge is -2.22. The van der Waals surface area contributed by atoms with E-state index >= 15 is 0 Å². The maximum atomic E-state index is 12.5. The van der Waals surface area contributed by atoms with E-state index in [0.717, 1.165) is 31.7 Å². The molecule has 2 aromatic heterocycles. The molecule has 2 fully saturated rings. The summed E-state index contributed by atoms with van der Waals surface area (Å²) in [6.45, 7) is 2.59. The van der Waals surface area contributed by atoms with Gasteiger partial charge in [-0.15, -0.1) is 0 Å². The molecule has 1 unspecified atom stereocenters. The van der Waals surface area contributed by atoms with Gasteiger partial charge in [-0.2, -0.15) is 0 Å². The van der Waals surface area contributed by atoms with Crippen molar-refractivity contribution < 1.29 is 4.79 Å². The minimum atomic E-state index is -0.0354. The van der Waals surface area contributed by atoms with Crippen LogP contribution in [-0.2, 0) is 4.79 Å². The van der Waals surface area contributed by atoms with Crippen molar-refractivity contribution in [3.63, 3.8) is 0 Å². The lowest BCUT2D eigenvalue weighted by Crippen LogP contribution is -2.37. The zero-order valence-electron chi connectivity index (χ0n) is 17.2. The highest BCUT2D eigenvalue weighted by atomic mass is 35.5. The molecule has 1 aliphatic carbocycles. The van der Waals surface area contributed by atoms with Crippen LogP contribution >= 0.6 is 11.6 Å². The number of anilines is 2. The van der Waals surface area contributed by atoms with Crippen molar-refractivity contribution in [2.75, 3.05) is 30.3 Å². The zero-order chi connectivity index (χ0) is 20.8. The molecule has 4 rings (SSSR count). The van der Waals surface area contributed by atoms with Crippen molar-refractivity contribution in [2.24, 2.45) is 11.8 Å². The van der Waals surface area contributed by atoms with Gasteiger partial charge >= 0.3 is 0 Å². The maximum Gasteiger partial charge on any atom is 0.229 e. The number of carbonyl (C=O) groups is 1. The molecular weight excluding hydrogens is 400 g/mol. The van der Waals surface area contributed by atoms with Crippen LogP contribution < -0.4 is 16.0 Å². The molecule has 1 aliphatic heterocycles. The van der Waals surface area contributed by atoms with Gasteiger partial charge in [-0.1, -0.05) is 30.9 Å². The fourth-order valence-corrected chi connectivity index (χ4v) is 4.43. The van der Waals surface area contributed by atoms with Crippen LogP contribution in [0.1, 0.15) is 44.9 Å². The highest BCUT2D eigenvalue weighted by molar-refractivity contribution is 6.33. The van der Waals surface area contributed by atoms with E-state index in [9.17, 15) is 4.79 Å². The number of halogens is 1. The Labute approximate surface area is 182 Å². The number of aromatic nitrogens is 3. The average Bonchev–Trinajstić information content (AvgIpc) is 2.80. The van der Waals surface area contributed by atoms with Gasteiger partial charge in [0.15, 0.2) is 0 Å². The molecule has 2 aromatic rings. The third kappa shape index (κ3) is 5.46. The second kappa shape index (κ2) is 10.2. The largest absolute Gasteiger partial charge is 0.368 e. The first-order chi connectivity index (χ1) is 14.7. The molecule has 1 amide bonds. The summed E-state index contributed by atoms with van der Waals surface area (Å²) in [5.74, 6) is 1.87. The van der Waals surface area contributed by atoms with Gasteiger partial charge in [-0.25, -0.2) is 9.97 Å². The number of hydrogen-bond donors (Lipinski definition) is 3. The lowest BCUT2D eigenvalue weighted by atomic mass is 9.89. The van der Waals surface area contributed by atoms with E-state index in [4.69, 9.17) is 11.6 Å². The first-order valence-electron chi connectivity index (χ1n) is 10.9. The number of piperidine rings is 1. The van der Waals surface area contributed by atoms with Gasteiger partial charge in [0.2, 0.25) is 5.91 Å². The van der Waals surface area contributed by atoms with Gasteiger partial charge in [0.25, 0.3) is 0 Å². The molecular formula is C22H29ClN6O. The molecule has 160 valence electrons. The Hall–Kier alpha value is -2.25. The summed E-state index contributed by atoms with van der Waals surface area (Å²) in [5, 5.41) is 10.1. The van der Waals surface area contributed by atoms with Gasteiger partial charge in [0, 0.05) is 24.8 Å². The molecule has 0 radical (unpaired) electrons. The summed E-state index contributed by atoms with van der Waals surface area (Å²) >= 11 is 6.39. The van der Waals surface area contributed by atoms with Gasteiger partial charge in [0.05, 0.1) is 29.0 Å². The van der Waals surface area contributed by atoms with Crippen LogP contribution in [0.2, 0.25) is 5.02 Å². The Morgan fingerprint density at radius 2 is 1.97 bits per heavy atom. The van der Waals surface area contributed by atoms with E-state index in [1.807, 2.05) is 0 Å². The van der Waals surface area contributed by atoms with Gasteiger partial charge in [-0.3, -0.25) is 9.78 Å². The molecule has 1 saturated carbocycles. The van der Waals surface area contributed by atoms with Gasteiger partial charge in [-0.05, 0) is 44.2 Å². The fraction of sp³-hybridized carbons (Fsp3) is 0.545. The fourth-order valence-electron chi connectivity index (χ4n) is 4.23. The van der Waals surface area contributed by atoms with E-state index < -0.39 is 0 Å². The van der Waals surface area contributed by atoms with Crippen LogP contribution in [0.4, 0.5) is 11.6 Å².